The van der Waals surface area contributed by atoms with Gasteiger partial charge in [-0.15, -0.1) is 0 Å². The lowest BCUT2D eigenvalue weighted by Gasteiger charge is -2.28. The summed E-state index contributed by atoms with van der Waals surface area (Å²) in [7, 11) is 0. The molecule has 0 aromatic heterocycles. The number of halogens is 1. The van der Waals surface area contributed by atoms with Gasteiger partial charge in [-0.3, -0.25) is 9.59 Å². The van der Waals surface area contributed by atoms with Crippen LogP contribution in [0, 0.1) is 24.1 Å². The molecule has 23 heavy (non-hydrogen) atoms. The van der Waals surface area contributed by atoms with E-state index in [0.29, 0.717) is 13.0 Å². The van der Waals surface area contributed by atoms with Gasteiger partial charge in [0.05, 0.1) is 5.41 Å². The normalized spacial score (nSPS) is 20.8. The molecule has 1 aliphatic heterocycles. The summed E-state index contributed by atoms with van der Waals surface area (Å²) in [6.07, 6.45) is 0.421. The van der Waals surface area contributed by atoms with Crippen LogP contribution in [0.15, 0.2) is 18.2 Å². The molecular formula is C17H22FNO4. The Morgan fingerprint density at radius 3 is 2.70 bits per heavy atom. The molecule has 1 aromatic rings. The summed E-state index contributed by atoms with van der Waals surface area (Å²) in [6.45, 7) is 5.75. The third-order valence-electron chi connectivity index (χ3n) is 4.62. The Balaban J connectivity index is 2.00. The van der Waals surface area contributed by atoms with E-state index in [1.165, 1.54) is 17.0 Å². The molecule has 1 N–H and O–H groups in total. The van der Waals surface area contributed by atoms with E-state index in [1.54, 1.807) is 13.0 Å². The fraction of sp³-hybridized carbons (Fsp3) is 0.529. The van der Waals surface area contributed by atoms with Gasteiger partial charge < -0.3 is 14.7 Å². The van der Waals surface area contributed by atoms with Crippen molar-refractivity contribution in [2.75, 3.05) is 19.7 Å². The van der Waals surface area contributed by atoms with Gasteiger partial charge in [0.25, 0.3) is 5.91 Å². The van der Waals surface area contributed by atoms with Gasteiger partial charge >= 0.3 is 5.97 Å². The second kappa shape index (κ2) is 6.56. The number of amides is 1. The number of carboxylic acids is 1. The van der Waals surface area contributed by atoms with Gasteiger partial charge in [-0.2, -0.15) is 0 Å². The maximum absolute atomic E-state index is 13.6. The lowest BCUT2D eigenvalue weighted by Crippen LogP contribution is -2.41. The van der Waals surface area contributed by atoms with Gasteiger partial charge in [0.15, 0.2) is 18.2 Å². The number of rotatable bonds is 5. The van der Waals surface area contributed by atoms with Gasteiger partial charge in [0.1, 0.15) is 0 Å². The number of benzene rings is 1. The van der Waals surface area contributed by atoms with Crippen LogP contribution in [-0.2, 0) is 9.59 Å². The van der Waals surface area contributed by atoms with Gasteiger partial charge in [-0.25, -0.2) is 4.39 Å². The quantitative estimate of drug-likeness (QED) is 0.904. The minimum absolute atomic E-state index is 0.0332. The highest BCUT2D eigenvalue weighted by Crippen LogP contribution is 2.38. The van der Waals surface area contributed by atoms with Gasteiger partial charge in [-0.05, 0) is 37.0 Å². The molecule has 2 rings (SSSR count). The maximum Gasteiger partial charge on any atom is 0.311 e. The molecule has 1 fully saturated rings. The van der Waals surface area contributed by atoms with Crippen LogP contribution in [0.3, 0.4) is 0 Å². The van der Waals surface area contributed by atoms with Crippen LogP contribution in [0.1, 0.15) is 25.8 Å². The standard InChI is InChI=1S/C17H22FNO4/c1-11(2)17(16(21)22)6-7-19(10-17)15(20)9-23-14-8-12(3)4-5-13(14)18/h4-5,8,11H,6-7,9-10H2,1-3H3,(H,21,22). The van der Waals surface area contributed by atoms with Crippen LogP contribution < -0.4 is 4.74 Å². The number of ether oxygens (including phenoxy) is 1. The van der Waals surface area contributed by atoms with Crippen LogP contribution in [0.25, 0.3) is 0 Å². The predicted molar refractivity (Wildman–Crippen MR) is 82.7 cm³/mol. The molecule has 0 spiro atoms. The molecule has 1 heterocycles. The highest BCUT2D eigenvalue weighted by Gasteiger charge is 2.48. The molecule has 1 unspecified atom stereocenters. The highest BCUT2D eigenvalue weighted by atomic mass is 19.1. The third-order valence-corrected chi connectivity index (χ3v) is 4.62. The van der Waals surface area contributed by atoms with E-state index in [-0.39, 0.29) is 30.7 Å². The SMILES string of the molecule is Cc1ccc(F)c(OCC(=O)N2CCC(C(=O)O)(C(C)C)C2)c1. The molecule has 1 amide bonds. The largest absolute Gasteiger partial charge is 0.481 e. The fourth-order valence-corrected chi connectivity index (χ4v) is 2.89. The van der Waals surface area contributed by atoms with E-state index in [0.717, 1.165) is 5.56 Å². The van der Waals surface area contributed by atoms with E-state index in [4.69, 9.17) is 4.74 Å². The third kappa shape index (κ3) is 3.46. The first-order valence-corrected chi connectivity index (χ1v) is 7.66. The zero-order chi connectivity index (χ0) is 17.2. The van der Waals surface area contributed by atoms with Crippen molar-refractivity contribution in [1.82, 2.24) is 4.90 Å². The van der Waals surface area contributed by atoms with Gasteiger partial charge in [0, 0.05) is 13.1 Å². The minimum atomic E-state index is -0.912. The first-order chi connectivity index (χ1) is 10.8. The van der Waals surface area contributed by atoms with Gasteiger partial charge in [-0.1, -0.05) is 19.9 Å². The second-order valence-corrected chi connectivity index (χ2v) is 6.40. The molecule has 0 bridgehead atoms. The molecule has 1 atom stereocenters. The van der Waals surface area contributed by atoms with Crippen molar-refractivity contribution in [1.29, 1.82) is 0 Å². The first-order valence-electron chi connectivity index (χ1n) is 7.66. The maximum atomic E-state index is 13.6. The molecule has 1 aromatic carbocycles. The number of carboxylic acid groups (broad SMARTS) is 1. The Kier molecular flexibility index (Phi) is 4.92. The minimum Gasteiger partial charge on any atom is -0.481 e. The monoisotopic (exact) mass is 323 g/mol. The van der Waals surface area contributed by atoms with Crippen LogP contribution in [0.5, 0.6) is 5.75 Å². The van der Waals surface area contributed by atoms with E-state index >= 15 is 0 Å². The summed E-state index contributed by atoms with van der Waals surface area (Å²) in [5.41, 5.74) is -0.0794. The second-order valence-electron chi connectivity index (χ2n) is 6.40. The van der Waals surface area contributed by atoms with Crippen LogP contribution >= 0.6 is 0 Å². The summed E-state index contributed by atoms with van der Waals surface area (Å²) < 4.78 is 18.9. The van der Waals surface area contributed by atoms with Crippen molar-refractivity contribution >= 4 is 11.9 Å². The van der Waals surface area contributed by atoms with Crippen molar-refractivity contribution in [3.63, 3.8) is 0 Å². The number of carbonyl (C=O) groups is 2. The Morgan fingerprint density at radius 2 is 2.13 bits per heavy atom. The molecule has 0 saturated carbocycles. The molecule has 5 nitrogen and oxygen atoms in total. The lowest BCUT2D eigenvalue weighted by molar-refractivity contribution is -0.151. The number of aliphatic carboxylic acids is 1. The van der Waals surface area contributed by atoms with Crippen molar-refractivity contribution in [2.24, 2.45) is 11.3 Å². The van der Waals surface area contributed by atoms with Crippen molar-refractivity contribution in [3.8, 4) is 5.75 Å². The van der Waals surface area contributed by atoms with Crippen molar-refractivity contribution in [2.45, 2.75) is 27.2 Å². The van der Waals surface area contributed by atoms with E-state index in [2.05, 4.69) is 0 Å². The summed E-state index contributed by atoms with van der Waals surface area (Å²) in [5.74, 6) is -1.77. The summed E-state index contributed by atoms with van der Waals surface area (Å²) in [5, 5.41) is 9.49. The Labute approximate surface area is 135 Å². The first kappa shape index (κ1) is 17.2. The molecular weight excluding hydrogens is 301 g/mol. The molecule has 1 saturated heterocycles. The number of carbonyl (C=O) groups excluding carboxylic acids is 1. The van der Waals surface area contributed by atoms with Gasteiger partial charge in [0.2, 0.25) is 0 Å². The molecule has 6 heteroatoms. The number of nitrogens with zero attached hydrogens (tertiary/aromatic N) is 1. The zero-order valence-electron chi connectivity index (χ0n) is 13.6. The Bertz CT molecular complexity index is 617. The molecule has 1 aliphatic rings. The lowest BCUT2D eigenvalue weighted by atomic mass is 9.76. The Hall–Kier alpha value is -2.11. The number of aryl methyl sites for hydroxylation is 1. The van der Waals surface area contributed by atoms with Crippen LogP contribution in [0.4, 0.5) is 4.39 Å². The predicted octanol–water partition coefficient (Wildman–Crippen LogP) is 2.47. The fourth-order valence-electron chi connectivity index (χ4n) is 2.89. The number of likely N-dealkylation sites (tertiary alicyclic amines) is 1. The number of hydrogen-bond acceptors (Lipinski definition) is 3. The van der Waals surface area contributed by atoms with Crippen molar-refractivity contribution < 1.29 is 23.8 Å². The smallest absolute Gasteiger partial charge is 0.311 e. The Morgan fingerprint density at radius 1 is 1.43 bits per heavy atom. The van der Waals surface area contributed by atoms with E-state index in [1.807, 2.05) is 13.8 Å². The average molecular weight is 323 g/mol. The van der Waals surface area contributed by atoms with Crippen molar-refractivity contribution in [3.05, 3.63) is 29.6 Å². The van der Waals surface area contributed by atoms with E-state index < -0.39 is 17.2 Å². The molecule has 0 aliphatic carbocycles. The highest BCUT2D eigenvalue weighted by molar-refractivity contribution is 5.81. The topological polar surface area (TPSA) is 66.8 Å². The zero-order valence-corrected chi connectivity index (χ0v) is 13.6. The van der Waals surface area contributed by atoms with Crippen LogP contribution in [0.2, 0.25) is 0 Å². The van der Waals surface area contributed by atoms with E-state index in [9.17, 15) is 19.1 Å². The molecule has 126 valence electrons. The average Bonchev–Trinajstić information content (AvgIpc) is 2.94. The summed E-state index contributed by atoms with van der Waals surface area (Å²) in [6, 6.07) is 4.44. The summed E-state index contributed by atoms with van der Waals surface area (Å²) in [4.78, 5) is 25.3. The molecule has 0 radical (unpaired) electrons. The summed E-state index contributed by atoms with van der Waals surface area (Å²) >= 11 is 0. The van der Waals surface area contributed by atoms with Crippen LogP contribution in [-0.4, -0.2) is 41.6 Å². The number of hydrogen-bond donors (Lipinski definition) is 1.